The Labute approximate surface area is 90.1 Å². The fraction of sp³-hybridized carbons (Fsp3) is 1.00. The van der Waals surface area contributed by atoms with Crippen molar-refractivity contribution in [3.05, 3.63) is 0 Å². The molecule has 0 bridgehead atoms. The highest BCUT2D eigenvalue weighted by Gasteiger charge is 2.23. The highest BCUT2D eigenvalue weighted by Crippen LogP contribution is 2.09. The summed E-state index contributed by atoms with van der Waals surface area (Å²) < 4.78 is 0. The van der Waals surface area contributed by atoms with E-state index in [1.165, 1.54) is 13.0 Å². The van der Waals surface area contributed by atoms with Crippen molar-refractivity contribution in [2.75, 3.05) is 13.1 Å². The van der Waals surface area contributed by atoms with Gasteiger partial charge in [0.05, 0.1) is 0 Å². The van der Waals surface area contributed by atoms with Crippen LogP contribution in [-0.4, -0.2) is 36.1 Å². The average Bonchev–Trinajstić information content (AvgIpc) is 2.10. The molecular formula is C12H28N2. The maximum Gasteiger partial charge on any atom is 0.0195 e. The van der Waals surface area contributed by atoms with Crippen LogP contribution in [0.25, 0.3) is 0 Å². The molecule has 1 aliphatic heterocycles. The van der Waals surface area contributed by atoms with Crippen LogP contribution >= 0.6 is 0 Å². The number of nitrogens with zero attached hydrogens (tertiary/aromatic N) is 1. The van der Waals surface area contributed by atoms with Gasteiger partial charge in [0.25, 0.3) is 0 Å². The van der Waals surface area contributed by atoms with Crippen molar-refractivity contribution in [2.45, 2.75) is 66.1 Å². The lowest BCUT2D eigenvalue weighted by molar-refractivity contribution is 0.112. The fourth-order valence-electron chi connectivity index (χ4n) is 1.77. The van der Waals surface area contributed by atoms with Gasteiger partial charge in [0.1, 0.15) is 0 Å². The van der Waals surface area contributed by atoms with E-state index in [0.717, 1.165) is 6.54 Å². The highest BCUT2D eigenvalue weighted by atomic mass is 15.2. The first-order valence-electron chi connectivity index (χ1n) is 6.01. The van der Waals surface area contributed by atoms with Crippen LogP contribution in [0.3, 0.4) is 0 Å². The summed E-state index contributed by atoms with van der Waals surface area (Å²) >= 11 is 0. The summed E-state index contributed by atoms with van der Waals surface area (Å²) in [6, 6.07) is 2.05. The molecule has 1 rings (SSSR count). The van der Waals surface area contributed by atoms with E-state index in [1.807, 2.05) is 0 Å². The molecule has 0 spiro atoms. The second-order valence-electron chi connectivity index (χ2n) is 4.66. The largest absolute Gasteiger partial charge is 0.311 e. The van der Waals surface area contributed by atoms with Gasteiger partial charge in [0, 0.05) is 31.2 Å². The summed E-state index contributed by atoms with van der Waals surface area (Å²) in [6.45, 7) is 15.7. The first kappa shape index (κ1) is 13.9. The van der Waals surface area contributed by atoms with Crippen LogP contribution < -0.4 is 5.32 Å². The van der Waals surface area contributed by atoms with E-state index >= 15 is 0 Å². The van der Waals surface area contributed by atoms with Crippen molar-refractivity contribution in [1.29, 1.82) is 0 Å². The van der Waals surface area contributed by atoms with Gasteiger partial charge in [-0.1, -0.05) is 20.3 Å². The zero-order valence-electron chi connectivity index (χ0n) is 10.8. The van der Waals surface area contributed by atoms with Crippen LogP contribution in [0.1, 0.15) is 48.0 Å². The Bertz CT molecular complexity index is 134. The predicted octanol–water partition coefficient (Wildman–Crippen LogP) is 2.49. The van der Waals surface area contributed by atoms with Crippen molar-refractivity contribution >= 4 is 0 Å². The van der Waals surface area contributed by atoms with Crippen molar-refractivity contribution < 1.29 is 0 Å². The molecule has 1 N–H and O–H groups in total. The van der Waals surface area contributed by atoms with Crippen LogP contribution in [-0.2, 0) is 0 Å². The van der Waals surface area contributed by atoms with Crippen molar-refractivity contribution in [3.8, 4) is 0 Å². The monoisotopic (exact) mass is 200 g/mol. The minimum Gasteiger partial charge on any atom is -0.311 e. The van der Waals surface area contributed by atoms with E-state index in [0.29, 0.717) is 18.1 Å². The molecule has 0 aromatic rings. The molecule has 2 atom stereocenters. The van der Waals surface area contributed by atoms with Gasteiger partial charge in [-0.05, 0) is 27.7 Å². The molecular weight excluding hydrogens is 172 g/mol. The standard InChI is InChI=1S/C9H20N2.C3H8/c1-7(2)11-6-8(3)10-5-9(11)4;1-3-2/h7-10H,5-6H2,1-4H3;3H2,1-2H3. The molecule has 0 aromatic carbocycles. The highest BCUT2D eigenvalue weighted by molar-refractivity contribution is 4.82. The third kappa shape index (κ3) is 4.97. The summed E-state index contributed by atoms with van der Waals surface area (Å²) in [5.74, 6) is 0. The van der Waals surface area contributed by atoms with E-state index in [4.69, 9.17) is 0 Å². The number of nitrogens with one attached hydrogen (secondary N) is 1. The van der Waals surface area contributed by atoms with Gasteiger partial charge < -0.3 is 5.32 Å². The van der Waals surface area contributed by atoms with Gasteiger partial charge in [-0.25, -0.2) is 0 Å². The van der Waals surface area contributed by atoms with Gasteiger partial charge in [0.2, 0.25) is 0 Å². The summed E-state index contributed by atoms with van der Waals surface area (Å²) in [4.78, 5) is 2.56. The summed E-state index contributed by atoms with van der Waals surface area (Å²) in [6.07, 6.45) is 1.25. The predicted molar refractivity (Wildman–Crippen MR) is 64.7 cm³/mol. The topological polar surface area (TPSA) is 15.3 Å². The second kappa shape index (κ2) is 7.24. The van der Waals surface area contributed by atoms with Gasteiger partial charge in [0.15, 0.2) is 0 Å². The van der Waals surface area contributed by atoms with E-state index in [-0.39, 0.29) is 0 Å². The lowest BCUT2D eigenvalue weighted by Crippen LogP contribution is -2.56. The van der Waals surface area contributed by atoms with Gasteiger partial charge in [-0.15, -0.1) is 0 Å². The van der Waals surface area contributed by atoms with Crippen molar-refractivity contribution in [3.63, 3.8) is 0 Å². The zero-order chi connectivity index (χ0) is 11.1. The molecule has 0 radical (unpaired) electrons. The molecule has 2 heteroatoms. The molecule has 0 aromatic heterocycles. The Morgan fingerprint density at radius 3 is 2.14 bits per heavy atom. The molecule has 2 unspecified atom stereocenters. The average molecular weight is 200 g/mol. The minimum atomic E-state index is 0.661. The molecule has 2 nitrogen and oxygen atoms in total. The third-order valence-electron chi connectivity index (χ3n) is 2.48. The zero-order valence-corrected chi connectivity index (χ0v) is 10.8. The summed E-state index contributed by atoms with van der Waals surface area (Å²) in [5.41, 5.74) is 0. The maximum absolute atomic E-state index is 3.47. The van der Waals surface area contributed by atoms with E-state index in [2.05, 4.69) is 51.8 Å². The Morgan fingerprint density at radius 1 is 1.29 bits per heavy atom. The molecule has 0 amide bonds. The molecule has 14 heavy (non-hydrogen) atoms. The fourth-order valence-corrected chi connectivity index (χ4v) is 1.77. The summed E-state index contributed by atoms with van der Waals surface area (Å²) in [5, 5.41) is 3.47. The number of piperazine rings is 1. The molecule has 1 saturated heterocycles. The number of hydrogen-bond donors (Lipinski definition) is 1. The SMILES string of the molecule is CC1CN(C(C)C)C(C)CN1.CCC. The number of hydrogen-bond acceptors (Lipinski definition) is 2. The van der Waals surface area contributed by atoms with Gasteiger partial charge in [-0.3, -0.25) is 4.90 Å². The third-order valence-corrected chi connectivity index (χ3v) is 2.48. The Balaban J connectivity index is 0.000000500. The van der Waals surface area contributed by atoms with Crippen LogP contribution in [0.5, 0.6) is 0 Å². The lowest BCUT2D eigenvalue weighted by atomic mass is 10.1. The molecule has 0 saturated carbocycles. The molecule has 0 aliphatic carbocycles. The van der Waals surface area contributed by atoms with Crippen LogP contribution in [0.4, 0.5) is 0 Å². The first-order chi connectivity index (χ1) is 6.52. The number of rotatable bonds is 1. The van der Waals surface area contributed by atoms with E-state index in [1.54, 1.807) is 0 Å². The smallest absolute Gasteiger partial charge is 0.0195 e. The normalized spacial score (nSPS) is 28.5. The summed E-state index contributed by atoms with van der Waals surface area (Å²) in [7, 11) is 0. The van der Waals surface area contributed by atoms with Crippen LogP contribution in [0.15, 0.2) is 0 Å². The first-order valence-corrected chi connectivity index (χ1v) is 6.01. The minimum absolute atomic E-state index is 0.661. The molecule has 1 fully saturated rings. The maximum atomic E-state index is 3.47. The van der Waals surface area contributed by atoms with Crippen molar-refractivity contribution in [1.82, 2.24) is 10.2 Å². The molecule has 1 aliphatic rings. The van der Waals surface area contributed by atoms with Crippen LogP contribution in [0, 0.1) is 0 Å². The van der Waals surface area contributed by atoms with Gasteiger partial charge >= 0.3 is 0 Å². The Kier molecular flexibility index (Phi) is 7.20. The van der Waals surface area contributed by atoms with Gasteiger partial charge in [-0.2, -0.15) is 0 Å². The van der Waals surface area contributed by atoms with E-state index in [9.17, 15) is 0 Å². The quantitative estimate of drug-likeness (QED) is 0.699. The second-order valence-corrected chi connectivity index (χ2v) is 4.66. The Hall–Kier alpha value is -0.0800. The van der Waals surface area contributed by atoms with E-state index < -0.39 is 0 Å². The van der Waals surface area contributed by atoms with Crippen molar-refractivity contribution in [2.24, 2.45) is 0 Å². The Morgan fingerprint density at radius 2 is 1.79 bits per heavy atom. The lowest BCUT2D eigenvalue weighted by Gasteiger charge is -2.40. The molecule has 86 valence electrons. The molecule has 1 heterocycles. The van der Waals surface area contributed by atoms with Crippen LogP contribution in [0.2, 0.25) is 0 Å².